The van der Waals surface area contributed by atoms with Gasteiger partial charge in [0.05, 0.1) is 19.4 Å². The Morgan fingerprint density at radius 1 is 1.08 bits per heavy atom. The number of hydrazone groups is 1. The number of aryl methyl sites for hydroxylation is 1. The van der Waals surface area contributed by atoms with Gasteiger partial charge in [-0.25, -0.2) is 5.43 Å². The highest BCUT2D eigenvalue weighted by Crippen LogP contribution is 2.15. The quantitative estimate of drug-likeness (QED) is 0.695. The summed E-state index contributed by atoms with van der Waals surface area (Å²) in [4.78, 5) is 14.3. The molecule has 5 heteroatoms. The van der Waals surface area contributed by atoms with Crippen LogP contribution in [0.1, 0.15) is 21.5 Å². The van der Waals surface area contributed by atoms with E-state index in [0.717, 1.165) is 37.4 Å². The number of carbonyl (C=O) groups is 1. The zero-order chi connectivity index (χ0) is 16.8. The Labute approximate surface area is 141 Å². The minimum absolute atomic E-state index is 0.212. The maximum Gasteiger partial charge on any atom is 0.271 e. The van der Waals surface area contributed by atoms with Crippen molar-refractivity contribution in [1.29, 1.82) is 0 Å². The third-order valence-electron chi connectivity index (χ3n) is 3.96. The molecule has 24 heavy (non-hydrogen) atoms. The van der Waals surface area contributed by atoms with Gasteiger partial charge in [-0.2, -0.15) is 5.10 Å². The van der Waals surface area contributed by atoms with Crippen LogP contribution in [-0.2, 0) is 4.74 Å². The highest BCUT2D eigenvalue weighted by Gasteiger charge is 2.10. The van der Waals surface area contributed by atoms with Gasteiger partial charge in [-0.15, -0.1) is 0 Å². The first-order valence-corrected chi connectivity index (χ1v) is 8.05. The van der Waals surface area contributed by atoms with E-state index in [-0.39, 0.29) is 5.91 Å². The van der Waals surface area contributed by atoms with Crippen LogP contribution >= 0.6 is 0 Å². The second kappa shape index (κ2) is 7.75. The SMILES string of the molecule is Cc1ccc(C(=O)N/N=C\c2ccc(N3CCOCC3)cc2)cc1. The average Bonchev–Trinajstić information content (AvgIpc) is 2.63. The molecule has 1 amide bonds. The van der Waals surface area contributed by atoms with Gasteiger partial charge in [-0.05, 0) is 36.8 Å². The normalized spacial score (nSPS) is 14.8. The smallest absolute Gasteiger partial charge is 0.271 e. The third kappa shape index (κ3) is 4.20. The van der Waals surface area contributed by atoms with Crippen molar-refractivity contribution in [2.75, 3.05) is 31.2 Å². The number of carbonyl (C=O) groups excluding carboxylic acids is 1. The molecule has 3 rings (SSSR count). The lowest BCUT2D eigenvalue weighted by molar-refractivity contribution is 0.0955. The largest absolute Gasteiger partial charge is 0.378 e. The average molecular weight is 323 g/mol. The molecule has 2 aromatic carbocycles. The van der Waals surface area contributed by atoms with E-state index in [1.165, 1.54) is 5.69 Å². The molecule has 1 heterocycles. The van der Waals surface area contributed by atoms with E-state index in [1.54, 1.807) is 18.3 Å². The zero-order valence-corrected chi connectivity index (χ0v) is 13.7. The first-order chi connectivity index (χ1) is 11.7. The van der Waals surface area contributed by atoms with Crippen molar-refractivity contribution in [3.8, 4) is 0 Å². The van der Waals surface area contributed by atoms with E-state index < -0.39 is 0 Å². The fourth-order valence-electron chi connectivity index (χ4n) is 2.53. The van der Waals surface area contributed by atoms with Crippen LogP contribution < -0.4 is 10.3 Å². The van der Waals surface area contributed by atoms with Crippen LogP contribution in [0, 0.1) is 6.92 Å². The Hall–Kier alpha value is -2.66. The molecule has 0 atom stereocenters. The summed E-state index contributed by atoms with van der Waals surface area (Å²) < 4.78 is 5.36. The van der Waals surface area contributed by atoms with Crippen LogP contribution in [0.2, 0.25) is 0 Å². The van der Waals surface area contributed by atoms with Crippen LogP contribution in [0.5, 0.6) is 0 Å². The first-order valence-electron chi connectivity index (χ1n) is 8.05. The van der Waals surface area contributed by atoms with Crippen molar-refractivity contribution >= 4 is 17.8 Å². The number of morpholine rings is 1. The van der Waals surface area contributed by atoms with Crippen molar-refractivity contribution in [3.05, 3.63) is 65.2 Å². The van der Waals surface area contributed by atoms with Crippen molar-refractivity contribution in [1.82, 2.24) is 5.43 Å². The standard InChI is InChI=1S/C19H21N3O2/c1-15-2-6-17(7-3-15)19(23)21-20-14-16-4-8-18(9-5-16)22-10-12-24-13-11-22/h2-9,14H,10-13H2,1H3,(H,21,23)/b20-14-. The van der Waals surface area contributed by atoms with Gasteiger partial charge in [0.1, 0.15) is 0 Å². The molecular weight excluding hydrogens is 302 g/mol. The van der Waals surface area contributed by atoms with E-state index >= 15 is 0 Å². The number of amides is 1. The molecule has 0 aromatic heterocycles. The topological polar surface area (TPSA) is 53.9 Å². The second-order valence-corrected chi connectivity index (χ2v) is 5.76. The van der Waals surface area contributed by atoms with E-state index in [1.807, 2.05) is 31.2 Å². The maximum atomic E-state index is 12.0. The summed E-state index contributed by atoms with van der Waals surface area (Å²) in [5.41, 5.74) is 6.39. The molecule has 0 unspecified atom stereocenters. The molecule has 0 spiro atoms. The first kappa shape index (κ1) is 16.2. The van der Waals surface area contributed by atoms with Gasteiger partial charge in [-0.1, -0.05) is 29.8 Å². The lowest BCUT2D eigenvalue weighted by Crippen LogP contribution is -2.36. The Bertz CT molecular complexity index is 702. The molecular formula is C19H21N3O2. The van der Waals surface area contributed by atoms with Gasteiger partial charge in [0.25, 0.3) is 5.91 Å². The number of anilines is 1. The predicted molar refractivity (Wildman–Crippen MR) is 95.7 cm³/mol. The fraction of sp³-hybridized carbons (Fsp3) is 0.263. The Morgan fingerprint density at radius 2 is 1.75 bits per heavy atom. The third-order valence-corrected chi connectivity index (χ3v) is 3.96. The van der Waals surface area contributed by atoms with E-state index in [2.05, 4.69) is 27.6 Å². The Morgan fingerprint density at radius 3 is 2.42 bits per heavy atom. The van der Waals surface area contributed by atoms with Crippen LogP contribution in [-0.4, -0.2) is 38.4 Å². The molecule has 1 fully saturated rings. The molecule has 0 radical (unpaired) electrons. The molecule has 2 aromatic rings. The van der Waals surface area contributed by atoms with Crippen LogP contribution in [0.4, 0.5) is 5.69 Å². The molecule has 0 aliphatic carbocycles. The minimum atomic E-state index is -0.212. The molecule has 0 saturated carbocycles. The highest BCUT2D eigenvalue weighted by atomic mass is 16.5. The summed E-state index contributed by atoms with van der Waals surface area (Å²) in [5.74, 6) is -0.212. The van der Waals surface area contributed by atoms with Gasteiger partial charge in [-0.3, -0.25) is 4.79 Å². The summed E-state index contributed by atoms with van der Waals surface area (Å²) in [6.07, 6.45) is 1.65. The van der Waals surface area contributed by atoms with Gasteiger partial charge in [0.2, 0.25) is 0 Å². The van der Waals surface area contributed by atoms with Crippen LogP contribution in [0.25, 0.3) is 0 Å². The maximum absolute atomic E-state index is 12.0. The van der Waals surface area contributed by atoms with E-state index in [0.29, 0.717) is 5.56 Å². The predicted octanol–water partition coefficient (Wildman–Crippen LogP) is 2.60. The lowest BCUT2D eigenvalue weighted by atomic mass is 10.1. The van der Waals surface area contributed by atoms with Gasteiger partial charge >= 0.3 is 0 Å². The zero-order valence-electron chi connectivity index (χ0n) is 13.7. The van der Waals surface area contributed by atoms with Gasteiger partial charge in [0.15, 0.2) is 0 Å². The van der Waals surface area contributed by atoms with Crippen LogP contribution in [0.15, 0.2) is 53.6 Å². The Balaban J connectivity index is 1.56. The van der Waals surface area contributed by atoms with Crippen molar-refractivity contribution in [3.63, 3.8) is 0 Å². The monoisotopic (exact) mass is 323 g/mol. The van der Waals surface area contributed by atoms with Gasteiger partial charge in [0, 0.05) is 24.3 Å². The number of hydrogen-bond acceptors (Lipinski definition) is 4. The lowest BCUT2D eigenvalue weighted by Gasteiger charge is -2.28. The summed E-state index contributed by atoms with van der Waals surface area (Å²) in [7, 11) is 0. The molecule has 0 bridgehead atoms. The Kier molecular flexibility index (Phi) is 5.23. The molecule has 1 N–H and O–H groups in total. The number of hydrogen-bond donors (Lipinski definition) is 1. The van der Waals surface area contributed by atoms with Crippen molar-refractivity contribution in [2.45, 2.75) is 6.92 Å². The van der Waals surface area contributed by atoms with Crippen LogP contribution in [0.3, 0.4) is 0 Å². The minimum Gasteiger partial charge on any atom is -0.378 e. The molecule has 124 valence electrons. The summed E-state index contributed by atoms with van der Waals surface area (Å²) in [6, 6.07) is 15.5. The summed E-state index contributed by atoms with van der Waals surface area (Å²) >= 11 is 0. The van der Waals surface area contributed by atoms with Crippen molar-refractivity contribution < 1.29 is 9.53 Å². The number of ether oxygens (including phenoxy) is 1. The van der Waals surface area contributed by atoms with E-state index in [9.17, 15) is 4.79 Å². The summed E-state index contributed by atoms with van der Waals surface area (Å²) in [6.45, 7) is 5.36. The highest BCUT2D eigenvalue weighted by molar-refractivity contribution is 5.94. The fourth-order valence-corrected chi connectivity index (χ4v) is 2.53. The second-order valence-electron chi connectivity index (χ2n) is 5.76. The molecule has 1 aliphatic rings. The van der Waals surface area contributed by atoms with Crippen molar-refractivity contribution in [2.24, 2.45) is 5.10 Å². The molecule has 5 nitrogen and oxygen atoms in total. The number of nitrogens with one attached hydrogen (secondary N) is 1. The molecule has 1 aliphatic heterocycles. The number of nitrogens with zero attached hydrogens (tertiary/aromatic N) is 2. The summed E-state index contributed by atoms with van der Waals surface area (Å²) in [5, 5.41) is 4.02. The number of benzene rings is 2. The van der Waals surface area contributed by atoms with Gasteiger partial charge < -0.3 is 9.64 Å². The molecule has 1 saturated heterocycles. The van der Waals surface area contributed by atoms with E-state index in [4.69, 9.17) is 4.74 Å². The number of rotatable bonds is 4.